The summed E-state index contributed by atoms with van der Waals surface area (Å²) >= 11 is 1.34. The highest BCUT2D eigenvalue weighted by atomic mass is 32.1. The fourth-order valence-electron chi connectivity index (χ4n) is 1.66. The highest BCUT2D eigenvalue weighted by molar-refractivity contribution is 7.22. The minimum Gasteiger partial charge on any atom is -0.497 e. The van der Waals surface area contributed by atoms with Crippen LogP contribution >= 0.6 is 11.3 Å². The zero-order valence-corrected chi connectivity index (χ0v) is 12.7. The van der Waals surface area contributed by atoms with E-state index in [2.05, 4.69) is 10.3 Å². The summed E-state index contributed by atoms with van der Waals surface area (Å²) in [7, 11) is 1.59. The van der Waals surface area contributed by atoms with Crippen LogP contribution in [-0.2, 0) is 14.3 Å². The minimum absolute atomic E-state index is 0.294. The van der Waals surface area contributed by atoms with Crippen LogP contribution in [-0.4, -0.2) is 30.6 Å². The number of rotatable bonds is 6. The second-order valence-electron chi connectivity index (χ2n) is 4.31. The molecule has 0 unspecified atom stereocenters. The Morgan fingerprint density at radius 3 is 2.90 bits per heavy atom. The van der Waals surface area contributed by atoms with Gasteiger partial charge in [0.25, 0.3) is 5.91 Å². The van der Waals surface area contributed by atoms with Crippen molar-refractivity contribution in [3.8, 4) is 5.75 Å². The van der Waals surface area contributed by atoms with E-state index < -0.39 is 5.91 Å². The first-order valence-electron chi connectivity index (χ1n) is 6.52. The molecule has 7 heteroatoms. The lowest BCUT2D eigenvalue weighted by atomic mass is 10.3. The first-order chi connectivity index (χ1) is 10.1. The number of aromatic nitrogens is 1. The lowest BCUT2D eigenvalue weighted by Gasteiger charge is -2.03. The van der Waals surface area contributed by atoms with Crippen LogP contribution in [0.2, 0.25) is 0 Å². The van der Waals surface area contributed by atoms with E-state index in [9.17, 15) is 9.59 Å². The summed E-state index contributed by atoms with van der Waals surface area (Å²) in [5.41, 5.74) is 0.777. The summed E-state index contributed by atoms with van der Waals surface area (Å²) in [6.07, 6.45) is 1.01. The molecule has 0 aliphatic carbocycles. The number of amides is 1. The normalized spacial score (nSPS) is 10.4. The SMILES string of the molecule is CCCC(=O)OCC(=O)Nc1nc2ccc(OC)cc2s1. The number of nitrogens with one attached hydrogen (secondary N) is 1. The molecule has 1 N–H and O–H groups in total. The first kappa shape index (κ1) is 15.2. The number of carbonyl (C=O) groups excluding carboxylic acids is 2. The average Bonchev–Trinajstić information content (AvgIpc) is 2.86. The largest absolute Gasteiger partial charge is 0.497 e. The summed E-state index contributed by atoms with van der Waals surface area (Å²) in [6, 6.07) is 5.48. The predicted molar refractivity (Wildman–Crippen MR) is 80.7 cm³/mol. The van der Waals surface area contributed by atoms with Crippen molar-refractivity contribution >= 4 is 38.6 Å². The summed E-state index contributed by atoms with van der Waals surface area (Å²) in [5, 5.41) is 3.08. The lowest BCUT2D eigenvalue weighted by molar-refractivity contribution is -0.147. The van der Waals surface area contributed by atoms with E-state index in [0.717, 1.165) is 16.0 Å². The molecule has 2 rings (SSSR count). The van der Waals surface area contributed by atoms with Crippen LogP contribution in [0, 0.1) is 0 Å². The maximum Gasteiger partial charge on any atom is 0.306 e. The molecule has 0 saturated heterocycles. The van der Waals surface area contributed by atoms with E-state index in [0.29, 0.717) is 18.0 Å². The van der Waals surface area contributed by atoms with Crippen molar-refractivity contribution in [2.75, 3.05) is 19.0 Å². The van der Waals surface area contributed by atoms with Gasteiger partial charge < -0.3 is 9.47 Å². The molecule has 1 heterocycles. The van der Waals surface area contributed by atoms with Crippen molar-refractivity contribution in [2.24, 2.45) is 0 Å². The molecule has 0 spiro atoms. The molecule has 0 aliphatic rings. The third-order valence-corrected chi connectivity index (χ3v) is 3.59. The van der Waals surface area contributed by atoms with Gasteiger partial charge in [-0.3, -0.25) is 14.9 Å². The minimum atomic E-state index is -0.398. The predicted octanol–water partition coefficient (Wildman–Crippen LogP) is 2.59. The van der Waals surface area contributed by atoms with E-state index >= 15 is 0 Å². The van der Waals surface area contributed by atoms with Crippen molar-refractivity contribution < 1.29 is 19.1 Å². The third kappa shape index (κ3) is 4.16. The van der Waals surface area contributed by atoms with Crippen LogP contribution in [0.25, 0.3) is 10.2 Å². The summed E-state index contributed by atoms with van der Waals surface area (Å²) in [4.78, 5) is 27.1. The van der Waals surface area contributed by atoms with Gasteiger partial charge >= 0.3 is 5.97 Å². The number of esters is 1. The summed E-state index contributed by atoms with van der Waals surface area (Å²) < 4.78 is 10.9. The molecule has 2 aromatic rings. The molecule has 1 aromatic heterocycles. The molecule has 0 fully saturated rings. The van der Waals surface area contributed by atoms with Crippen molar-refractivity contribution in [1.29, 1.82) is 0 Å². The van der Waals surface area contributed by atoms with E-state index in [1.165, 1.54) is 11.3 Å². The highest BCUT2D eigenvalue weighted by Gasteiger charge is 2.10. The number of hydrogen-bond acceptors (Lipinski definition) is 6. The fourth-order valence-corrected chi connectivity index (χ4v) is 2.57. The number of benzene rings is 1. The third-order valence-electron chi connectivity index (χ3n) is 2.66. The van der Waals surface area contributed by atoms with Crippen LogP contribution in [0.4, 0.5) is 5.13 Å². The van der Waals surface area contributed by atoms with E-state index in [4.69, 9.17) is 9.47 Å². The summed E-state index contributed by atoms with van der Waals surface area (Å²) in [5.74, 6) is -0.0373. The monoisotopic (exact) mass is 308 g/mol. The first-order valence-corrected chi connectivity index (χ1v) is 7.34. The standard InChI is InChI=1S/C14H16N2O4S/c1-3-4-13(18)20-8-12(17)16-14-15-10-6-5-9(19-2)7-11(10)21-14/h5-7H,3-4,8H2,1-2H3,(H,15,16,17). The number of nitrogens with zero attached hydrogens (tertiary/aromatic N) is 1. The molecular formula is C14H16N2O4S. The van der Waals surface area contributed by atoms with Gasteiger partial charge in [0, 0.05) is 6.42 Å². The molecule has 0 atom stereocenters. The molecular weight excluding hydrogens is 292 g/mol. The Balaban J connectivity index is 1.96. The number of anilines is 1. The number of thiazole rings is 1. The molecule has 0 aliphatic heterocycles. The number of fused-ring (bicyclic) bond motifs is 1. The molecule has 21 heavy (non-hydrogen) atoms. The van der Waals surface area contributed by atoms with Crippen LogP contribution in [0.15, 0.2) is 18.2 Å². The highest BCUT2D eigenvalue weighted by Crippen LogP contribution is 2.28. The van der Waals surface area contributed by atoms with Crippen molar-refractivity contribution in [2.45, 2.75) is 19.8 Å². The Kier molecular flexibility index (Phi) is 5.10. The smallest absolute Gasteiger partial charge is 0.306 e. The number of ether oxygens (including phenoxy) is 2. The zero-order valence-electron chi connectivity index (χ0n) is 11.8. The Bertz CT molecular complexity index is 653. The van der Waals surface area contributed by atoms with Gasteiger partial charge in [-0.05, 0) is 24.6 Å². The second kappa shape index (κ2) is 7.03. The molecule has 0 bridgehead atoms. The maximum atomic E-state index is 11.7. The Hall–Kier alpha value is -2.15. The average molecular weight is 308 g/mol. The quantitative estimate of drug-likeness (QED) is 0.830. The lowest BCUT2D eigenvalue weighted by Crippen LogP contribution is -2.20. The van der Waals surface area contributed by atoms with Crippen LogP contribution in [0.1, 0.15) is 19.8 Å². The zero-order chi connectivity index (χ0) is 15.2. The van der Waals surface area contributed by atoms with E-state index in [-0.39, 0.29) is 12.6 Å². The van der Waals surface area contributed by atoms with Gasteiger partial charge in [-0.25, -0.2) is 4.98 Å². The fraction of sp³-hybridized carbons (Fsp3) is 0.357. The van der Waals surface area contributed by atoms with E-state index in [1.807, 2.05) is 19.1 Å². The number of hydrogen-bond donors (Lipinski definition) is 1. The van der Waals surface area contributed by atoms with E-state index in [1.54, 1.807) is 13.2 Å². The van der Waals surface area contributed by atoms with Gasteiger partial charge in [0.1, 0.15) is 5.75 Å². The van der Waals surface area contributed by atoms with Crippen LogP contribution in [0.3, 0.4) is 0 Å². The second-order valence-corrected chi connectivity index (χ2v) is 5.34. The van der Waals surface area contributed by atoms with Gasteiger partial charge in [0.15, 0.2) is 11.7 Å². The number of carbonyl (C=O) groups is 2. The van der Waals surface area contributed by atoms with Gasteiger partial charge in [0.05, 0.1) is 17.3 Å². The van der Waals surface area contributed by atoms with Gasteiger partial charge in [-0.2, -0.15) is 0 Å². The molecule has 1 amide bonds. The Labute approximate surface area is 126 Å². The van der Waals surface area contributed by atoms with Gasteiger partial charge in [0.2, 0.25) is 0 Å². The topological polar surface area (TPSA) is 77.5 Å². The van der Waals surface area contributed by atoms with Crippen LogP contribution < -0.4 is 10.1 Å². The van der Waals surface area contributed by atoms with Gasteiger partial charge in [-0.1, -0.05) is 18.3 Å². The molecule has 6 nitrogen and oxygen atoms in total. The van der Waals surface area contributed by atoms with Crippen LogP contribution in [0.5, 0.6) is 5.75 Å². The van der Waals surface area contributed by atoms with Crippen molar-refractivity contribution in [1.82, 2.24) is 4.98 Å². The molecule has 0 saturated carbocycles. The summed E-state index contributed by atoms with van der Waals surface area (Å²) in [6.45, 7) is 1.58. The maximum absolute atomic E-state index is 11.7. The number of methoxy groups -OCH3 is 1. The Morgan fingerprint density at radius 2 is 2.19 bits per heavy atom. The molecule has 1 aromatic carbocycles. The Morgan fingerprint density at radius 1 is 1.38 bits per heavy atom. The van der Waals surface area contributed by atoms with Crippen molar-refractivity contribution in [3.05, 3.63) is 18.2 Å². The van der Waals surface area contributed by atoms with Gasteiger partial charge in [-0.15, -0.1) is 0 Å². The molecule has 0 radical (unpaired) electrons. The van der Waals surface area contributed by atoms with Crippen molar-refractivity contribution in [3.63, 3.8) is 0 Å². The molecule has 112 valence electrons.